The predicted molar refractivity (Wildman–Crippen MR) is 82.9 cm³/mol. The molecule has 20 heavy (non-hydrogen) atoms. The molecular formula is C17H29N3. The van der Waals surface area contributed by atoms with Crippen LogP contribution in [0.1, 0.15) is 70.0 Å². The maximum atomic E-state index is 4.87. The van der Waals surface area contributed by atoms with Crippen LogP contribution in [0.3, 0.4) is 0 Å². The second-order valence-electron chi connectivity index (χ2n) is 6.68. The maximum Gasteiger partial charge on any atom is 0.0640 e. The van der Waals surface area contributed by atoms with E-state index in [1.54, 1.807) is 0 Å². The molecule has 112 valence electrons. The van der Waals surface area contributed by atoms with Crippen LogP contribution in [0.2, 0.25) is 0 Å². The van der Waals surface area contributed by atoms with Gasteiger partial charge in [-0.1, -0.05) is 26.2 Å². The average molecular weight is 275 g/mol. The van der Waals surface area contributed by atoms with E-state index in [4.69, 9.17) is 5.10 Å². The first kappa shape index (κ1) is 14.1. The highest BCUT2D eigenvalue weighted by atomic mass is 15.3. The van der Waals surface area contributed by atoms with Crippen molar-refractivity contribution in [2.45, 2.75) is 76.8 Å². The summed E-state index contributed by atoms with van der Waals surface area (Å²) in [5.74, 6) is 0.904. The molecule has 2 aliphatic carbocycles. The second kappa shape index (κ2) is 6.75. The van der Waals surface area contributed by atoms with E-state index < -0.39 is 0 Å². The van der Waals surface area contributed by atoms with Crippen molar-refractivity contribution in [1.29, 1.82) is 0 Å². The Kier molecular flexibility index (Phi) is 4.77. The quantitative estimate of drug-likeness (QED) is 0.822. The lowest BCUT2D eigenvalue weighted by Crippen LogP contribution is -2.33. The molecular weight excluding hydrogens is 246 g/mol. The smallest absolute Gasteiger partial charge is 0.0640 e. The number of hydrogen-bond donors (Lipinski definition) is 1. The molecule has 0 aliphatic heterocycles. The van der Waals surface area contributed by atoms with Gasteiger partial charge in [0.1, 0.15) is 0 Å². The Morgan fingerprint density at radius 2 is 2.05 bits per heavy atom. The Hall–Kier alpha value is -0.830. The van der Waals surface area contributed by atoms with E-state index in [-0.39, 0.29) is 0 Å². The minimum atomic E-state index is 0.657. The molecule has 1 aromatic heterocycles. The fourth-order valence-corrected chi connectivity index (χ4v) is 3.49. The lowest BCUT2D eigenvalue weighted by molar-refractivity contribution is 0.327. The summed E-state index contributed by atoms with van der Waals surface area (Å²) in [6.07, 6.45) is 14.2. The molecule has 2 aliphatic rings. The van der Waals surface area contributed by atoms with Gasteiger partial charge in [-0.2, -0.15) is 5.10 Å². The van der Waals surface area contributed by atoms with Crippen molar-refractivity contribution in [3.8, 4) is 0 Å². The minimum Gasteiger partial charge on any atom is -0.313 e. The van der Waals surface area contributed by atoms with Gasteiger partial charge in [0, 0.05) is 18.7 Å². The zero-order valence-electron chi connectivity index (χ0n) is 12.9. The molecule has 1 N–H and O–H groups in total. The van der Waals surface area contributed by atoms with Gasteiger partial charge in [-0.25, -0.2) is 0 Å². The highest BCUT2D eigenvalue weighted by Gasteiger charge is 2.31. The molecule has 3 rings (SSSR count). The lowest BCUT2D eigenvalue weighted by atomic mass is 9.96. The molecule has 0 bridgehead atoms. The zero-order chi connectivity index (χ0) is 13.8. The lowest BCUT2D eigenvalue weighted by Gasteiger charge is -2.22. The van der Waals surface area contributed by atoms with Gasteiger partial charge in [0.05, 0.1) is 11.7 Å². The molecule has 0 spiro atoms. The SMILES string of the molecule is CCCNC(Cc1ccn(C2CCCCC2)n1)C1CC1. The standard InChI is InChI=1S/C17H29N3/c1-2-11-18-17(14-8-9-14)13-15-10-12-20(19-15)16-6-4-3-5-7-16/h10,12,14,16-18H,2-9,11,13H2,1H3. The van der Waals surface area contributed by atoms with Gasteiger partial charge in [-0.15, -0.1) is 0 Å². The first-order valence-electron chi connectivity index (χ1n) is 8.64. The van der Waals surface area contributed by atoms with Gasteiger partial charge in [-0.05, 0) is 50.6 Å². The maximum absolute atomic E-state index is 4.87. The third-order valence-electron chi connectivity index (χ3n) is 4.89. The van der Waals surface area contributed by atoms with E-state index in [0.29, 0.717) is 12.1 Å². The number of nitrogens with zero attached hydrogens (tertiary/aromatic N) is 2. The number of rotatable bonds is 7. The van der Waals surface area contributed by atoms with Gasteiger partial charge < -0.3 is 5.32 Å². The van der Waals surface area contributed by atoms with E-state index in [0.717, 1.165) is 18.9 Å². The Bertz CT molecular complexity index is 402. The van der Waals surface area contributed by atoms with Crippen LogP contribution in [0, 0.1) is 5.92 Å². The van der Waals surface area contributed by atoms with Crippen molar-refractivity contribution >= 4 is 0 Å². The van der Waals surface area contributed by atoms with E-state index in [1.165, 1.54) is 57.1 Å². The van der Waals surface area contributed by atoms with Crippen LogP contribution >= 0.6 is 0 Å². The third-order valence-corrected chi connectivity index (χ3v) is 4.89. The summed E-state index contributed by atoms with van der Waals surface area (Å²) >= 11 is 0. The van der Waals surface area contributed by atoms with E-state index in [2.05, 4.69) is 29.2 Å². The van der Waals surface area contributed by atoms with Gasteiger partial charge in [0.2, 0.25) is 0 Å². The van der Waals surface area contributed by atoms with Crippen molar-refractivity contribution in [1.82, 2.24) is 15.1 Å². The van der Waals surface area contributed by atoms with Crippen molar-refractivity contribution in [3.05, 3.63) is 18.0 Å². The van der Waals surface area contributed by atoms with Crippen LogP contribution in [-0.4, -0.2) is 22.4 Å². The molecule has 1 atom stereocenters. The van der Waals surface area contributed by atoms with Crippen LogP contribution in [0.15, 0.2) is 12.3 Å². The van der Waals surface area contributed by atoms with E-state index in [1.807, 2.05) is 0 Å². The van der Waals surface area contributed by atoms with Gasteiger partial charge in [0.15, 0.2) is 0 Å². The van der Waals surface area contributed by atoms with Crippen LogP contribution < -0.4 is 5.32 Å². The van der Waals surface area contributed by atoms with Gasteiger partial charge in [0.25, 0.3) is 0 Å². The summed E-state index contributed by atoms with van der Waals surface area (Å²) in [6, 6.07) is 3.57. The molecule has 0 aromatic carbocycles. The second-order valence-corrected chi connectivity index (χ2v) is 6.68. The number of nitrogens with one attached hydrogen (secondary N) is 1. The summed E-state index contributed by atoms with van der Waals surface area (Å²) in [5, 5.41) is 8.59. The third kappa shape index (κ3) is 3.63. The molecule has 1 unspecified atom stereocenters. The molecule has 1 heterocycles. The largest absolute Gasteiger partial charge is 0.313 e. The minimum absolute atomic E-state index is 0.657. The molecule has 0 radical (unpaired) electrons. The monoisotopic (exact) mass is 275 g/mol. The Morgan fingerprint density at radius 3 is 2.75 bits per heavy atom. The topological polar surface area (TPSA) is 29.9 Å². The summed E-state index contributed by atoms with van der Waals surface area (Å²) < 4.78 is 2.25. The number of hydrogen-bond acceptors (Lipinski definition) is 2. The Morgan fingerprint density at radius 1 is 1.25 bits per heavy atom. The van der Waals surface area contributed by atoms with Crippen LogP contribution in [0.4, 0.5) is 0 Å². The van der Waals surface area contributed by atoms with E-state index in [9.17, 15) is 0 Å². The average Bonchev–Trinajstić information content (AvgIpc) is 3.23. The van der Waals surface area contributed by atoms with E-state index >= 15 is 0 Å². The van der Waals surface area contributed by atoms with Crippen molar-refractivity contribution in [3.63, 3.8) is 0 Å². The summed E-state index contributed by atoms with van der Waals surface area (Å²) in [4.78, 5) is 0. The molecule has 2 saturated carbocycles. The number of aromatic nitrogens is 2. The first-order valence-corrected chi connectivity index (χ1v) is 8.64. The van der Waals surface area contributed by atoms with Crippen molar-refractivity contribution in [2.24, 2.45) is 5.92 Å². The molecule has 1 aromatic rings. The molecule has 0 amide bonds. The highest BCUT2D eigenvalue weighted by Crippen LogP contribution is 2.34. The zero-order valence-corrected chi connectivity index (χ0v) is 12.9. The fourth-order valence-electron chi connectivity index (χ4n) is 3.49. The molecule has 3 nitrogen and oxygen atoms in total. The Labute approximate surface area is 123 Å². The fraction of sp³-hybridized carbons (Fsp3) is 0.824. The van der Waals surface area contributed by atoms with Crippen molar-refractivity contribution in [2.75, 3.05) is 6.54 Å². The highest BCUT2D eigenvalue weighted by molar-refractivity contribution is 5.05. The van der Waals surface area contributed by atoms with Gasteiger partial charge >= 0.3 is 0 Å². The van der Waals surface area contributed by atoms with Crippen LogP contribution in [0.25, 0.3) is 0 Å². The van der Waals surface area contributed by atoms with Crippen molar-refractivity contribution < 1.29 is 0 Å². The molecule has 3 heteroatoms. The normalized spacial score (nSPS) is 22.1. The summed E-state index contributed by atoms with van der Waals surface area (Å²) in [6.45, 7) is 3.39. The summed E-state index contributed by atoms with van der Waals surface area (Å²) in [7, 11) is 0. The Balaban J connectivity index is 1.57. The molecule has 0 saturated heterocycles. The molecule has 2 fully saturated rings. The van der Waals surface area contributed by atoms with Gasteiger partial charge in [-0.3, -0.25) is 4.68 Å². The van der Waals surface area contributed by atoms with Crippen LogP contribution in [-0.2, 0) is 6.42 Å². The van der Waals surface area contributed by atoms with Crippen LogP contribution in [0.5, 0.6) is 0 Å². The first-order chi connectivity index (χ1) is 9.86. The summed E-state index contributed by atoms with van der Waals surface area (Å²) in [5.41, 5.74) is 1.29. The predicted octanol–water partition coefficient (Wildman–Crippen LogP) is 3.71.